The van der Waals surface area contributed by atoms with Gasteiger partial charge in [0, 0.05) is 12.7 Å². The number of ketones is 1. The van der Waals surface area contributed by atoms with Crippen LogP contribution in [0.15, 0.2) is 53.6 Å². The van der Waals surface area contributed by atoms with E-state index in [1.165, 1.54) is 6.07 Å². The highest BCUT2D eigenvalue weighted by atomic mass is 35.5. The second kappa shape index (κ2) is 8.97. The van der Waals surface area contributed by atoms with Crippen molar-refractivity contribution < 1.29 is 31.1 Å². The maximum Gasteiger partial charge on any atom is 0.417 e. The van der Waals surface area contributed by atoms with Crippen molar-refractivity contribution in [2.45, 2.75) is 11.1 Å². The third kappa shape index (κ3) is 4.77. The van der Waals surface area contributed by atoms with Crippen LogP contribution in [0.1, 0.15) is 21.6 Å². The van der Waals surface area contributed by atoms with Crippen molar-refractivity contribution in [1.82, 2.24) is 4.98 Å². The highest BCUT2D eigenvalue weighted by Crippen LogP contribution is 2.37. The number of carbonyl (C=O) groups excluding carboxylic acids is 1. The first-order valence-electron chi connectivity index (χ1n) is 9.57. The molecular weight excluding hydrogens is 518 g/mol. The highest BCUT2D eigenvalue weighted by Gasteiger charge is 2.35. The van der Waals surface area contributed by atoms with Crippen molar-refractivity contribution in [3.05, 3.63) is 75.5 Å². The van der Waals surface area contributed by atoms with Crippen LogP contribution in [0.25, 0.3) is 0 Å². The fourth-order valence-corrected chi connectivity index (χ4v) is 4.73. The number of nitrogens with one attached hydrogen (secondary N) is 2. The van der Waals surface area contributed by atoms with Crippen molar-refractivity contribution in [3.8, 4) is 5.75 Å². The number of alkyl halides is 3. The minimum atomic E-state index is -4.87. The van der Waals surface area contributed by atoms with Crippen molar-refractivity contribution in [3.63, 3.8) is 0 Å². The number of fused-ring (bicyclic) bond motifs is 1. The van der Waals surface area contributed by atoms with E-state index < -0.39 is 37.5 Å². The van der Waals surface area contributed by atoms with Gasteiger partial charge in [0.05, 0.1) is 37.4 Å². The largest absolute Gasteiger partial charge is 0.489 e. The summed E-state index contributed by atoms with van der Waals surface area (Å²) in [5.41, 5.74) is -1.26. The first-order chi connectivity index (χ1) is 16.0. The Morgan fingerprint density at radius 1 is 1.15 bits per heavy atom. The Labute approximate surface area is 201 Å². The number of halogens is 5. The van der Waals surface area contributed by atoms with Crippen LogP contribution in [-0.4, -0.2) is 32.3 Å². The van der Waals surface area contributed by atoms with Gasteiger partial charge in [0.2, 0.25) is 5.78 Å². The molecule has 2 aromatic carbocycles. The first kappa shape index (κ1) is 24.1. The first-order valence-corrected chi connectivity index (χ1v) is 11.8. The Bertz CT molecular complexity index is 1400. The van der Waals surface area contributed by atoms with E-state index in [-0.39, 0.29) is 27.7 Å². The van der Waals surface area contributed by atoms with Gasteiger partial charge in [-0.15, -0.1) is 0 Å². The molecule has 1 aliphatic heterocycles. The number of para-hydroxylation sites is 1. The lowest BCUT2D eigenvalue weighted by atomic mass is 10.0. The molecule has 3 aromatic rings. The van der Waals surface area contributed by atoms with Crippen LogP contribution in [0.3, 0.4) is 0 Å². The molecule has 0 fully saturated rings. The van der Waals surface area contributed by atoms with Crippen molar-refractivity contribution in [1.29, 1.82) is 0 Å². The molecule has 2 N–H and O–H groups in total. The Morgan fingerprint density at radius 3 is 2.65 bits per heavy atom. The number of carbonyl (C=O) groups is 1. The van der Waals surface area contributed by atoms with Crippen LogP contribution in [0, 0.1) is 0 Å². The van der Waals surface area contributed by atoms with Gasteiger partial charge in [0.15, 0.2) is 5.75 Å². The van der Waals surface area contributed by atoms with Gasteiger partial charge in [-0.25, -0.2) is 13.4 Å². The number of ether oxygens (including phenoxy) is 1. The van der Waals surface area contributed by atoms with Gasteiger partial charge in [-0.1, -0.05) is 29.3 Å². The lowest BCUT2D eigenvalue weighted by Crippen LogP contribution is -2.21. The molecular formula is C21H14Cl2F3N3O4S. The number of hydrogen-bond donors (Lipinski definition) is 2. The molecule has 1 aromatic heterocycles. The summed E-state index contributed by atoms with van der Waals surface area (Å²) >= 11 is 11.5. The third-order valence-electron chi connectivity index (χ3n) is 4.79. The second-order valence-corrected chi connectivity index (χ2v) is 9.61. The monoisotopic (exact) mass is 531 g/mol. The zero-order valence-corrected chi connectivity index (χ0v) is 19.2. The average molecular weight is 532 g/mol. The number of pyridine rings is 1. The number of sulfonamides is 1. The summed E-state index contributed by atoms with van der Waals surface area (Å²) in [6.45, 7) is 0.846. The lowest BCUT2D eigenvalue weighted by molar-refractivity contribution is -0.137. The fourth-order valence-electron chi connectivity index (χ4n) is 3.27. The predicted molar refractivity (Wildman–Crippen MR) is 120 cm³/mol. The van der Waals surface area contributed by atoms with Crippen LogP contribution in [0.2, 0.25) is 10.0 Å². The highest BCUT2D eigenvalue weighted by molar-refractivity contribution is 7.92. The molecule has 0 atom stereocenters. The minimum Gasteiger partial charge on any atom is -0.489 e. The lowest BCUT2D eigenvalue weighted by Gasteiger charge is -2.21. The zero-order chi connectivity index (χ0) is 24.7. The number of anilines is 2. The van der Waals surface area contributed by atoms with Crippen molar-refractivity contribution >= 4 is 50.4 Å². The number of nitrogens with zero attached hydrogens (tertiary/aromatic N) is 1. The molecule has 0 bridgehead atoms. The minimum absolute atomic E-state index is 0.00524. The standard InChI is InChI=1S/C21H14Cl2F3N3O4S/c22-11-8-17(29-34(31,32)12-4-5-15(23)14(9-12)21(24,25)26)18(28-10-11)19(30)13-2-1-3-16-20(13)33-7-6-27-16/h1-5,8-10,27,29H,6-7H2. The Kier molecular flexibility index (Phi) is 6.36. The number of hydrogen-bond acceptors (Lipinski definition) is 6. The molecule has 4 rings (SSSR count). The molecule has 0 aliphatic carbocycles. The molecule has 2 heterocycles. The summed E-state index contributed by atoms with van der Waals surface area (Å²) in [4.78, 5) is 16.5. The summed E-state index contributed by atoms with van der Waals surface area (Å²) in [7, 11) is -4.59. The van der Waals surface area contributed by atoms with Crippen molar-refractivity contribution in [2.75, 3.05) is 23.2 Å². The predicted octanol–water partition coefficient (Wildman–Crippen LogP) is 5.24. The zero-order valence-electron chi connectivity index (χ0n) is 16.9. The molecule has 0 radical (unpaired) electrons. The maximum absolute atomic E-state index is 13.3. The van der Waals surface area contributed by atoms with Gasteiger partial charge < -0.3 is 10.1 Å². The number of rotatable bonds is 5. The molecule has 0 amide bonds. The summed E-state index contributed by atoms with van der Waals surface area (Å²) in [6.07, 6.45) is -3.73. The number of aromatic nitrogens is 1. The van der Waals surface area contributed by atoms with Gasteiger partial charge in [-0.2, -0.15) is 13.2 Å². The van der Waals surface area contributed by atoms with Crippen LogP contribution < -0.4 is 14.8 Å². The van der Waals surface area contributed by atoms with E-state index in [0.29, 0.717) is 24.9 Å². The molecule has 34 heavy (non-hydrogen) atoms. The Balaban J connectivity index is 1.75. The molecule has 0 spiro atoms. The SMILES string of the molecule is O=C(c1cccc2c1OCCN2)c1ncc(Cl)cc1NS(=O)(=O)c1ccc(Cl)c(C(F)(F)F)c1. The smallest absolute Gasteiger partial charge is 0.417 e. The molecule has 0 saturated carbocycles. The van der Waals surface area contributed by atoms with Gasteiger partial charge in [-0.3, -0.25) is 9.52 Å². The molecule has 0 unspecified atom stereocenters. The van der Waals surface area contributed by atoms with Crippen LogP contribution in [-0.2, 0) is 16.2 Å². The van der Waals surface area contributed by atoms with Crippen LogP contribution >= 0.6 is 23.2 Å². The molecule has 178 valence electrons. The third-order valence-corrected chi connectivity index (χ3v) is 6.69. The van der Waals surface area contributed by atoms with E-state index in [1.807, 2.05) is 0 Å². The summed E-state index contributed by atoms with van der Waals surface area (Å²) < 4.78 is 73.1. The Morgan fingerprint density at radius 2 is 1.91 bits per heavy atom. The maximum atomic E-state index is 13.3. The molecule has 7 nitrogen and oxygen atoms in total. The fraction of sp³-hybridized carbons (Fsp3) is 0.143. The summed E-state index contributed by atoms with van der Waals surface area (Å²) in [5.74, 6) is -0.404. The van der Waals surface area contributed by atoms with E-state index in [4.69, 9.17) is 27.9 Å². The van der Waals surface area contributed by atoms with Gasteiger partial charge in [-0.05, 0) is 36.4 Å². The molecule has 1 aliphatic rings. The topological polar surface area (TPSA) is 97.4 Å². The van der Waals surface area contributed by atoms with Crippen LogP contribution in [0.4, 0.5) is 24.5 Å². The van der Waals surface area contributed by atoms with Crippen molar-refractivity contribution in [2.24, 2.45) is 0 Å². The van der Waals surface area contributed by atoms with E-state index in [1.54, 1.807) is 12.1 Å². The van der Waals surface area contributed by atoms with Crippen LogP contribution in [0.5, 0.6) is 5.75 Å². The van der Waals surface area contributed by atoms with E-state index >= 15 is 0 Å². The van der Waals surface area contributed by atoms with E-state index in [0.717, 1.165) is 24.4 Å². The second-order valence-electron chi connectivity index (χ2n) is 7.08. The Hall–Kier alpha value is -3.02. The molecule has 0 saturated heterocycles. The quantitative estimate of drug-likeness (QED) is 0.437. The van der Waals surface area contributed by atoms with Gasteiger partial charge in [0.1, 0.15) is 12.3 Å². The normalized spacial score (nSPS) is 13.4. The van der Waals surface area contributed by atoms with Gasteiger partial charge in [0.25, 0.3) is 10.0 Å². The van der Waals surface area contributed by atoms with Gasteiger partial charge >= 0.3 is 6.18 Å². The summed E-state index contributed by atoms with van der Waals surface area (Å²) in [6, 6.07) is 8.07. The average Bonchev–Trinajstić information content (AvgIpc) is 2.77. The summed E-state index contributed by atoms with van der Waals surface area (Å²) in [5, 5.41) is 2.42. The number of benzene rings is 2. The molecule has 13 heteroatoms. The van der Waals surface area contributed by atoms with E-state index in [9.17, 15) is 26.4 Å². The van der Waals surface area contributed by atoms with E-state index in [2.05, 4.69) is 15.0 Å².